The molecule has 0 atom stereocenters. The van der Waals surface area contributed by atoms with Crippen LogP contribution in [0.3, 0.4) is 0 Å². The largest absolute Gasteiger partial charge is 0.360 e. The predicted octanol–water partition coefficient (Wildman–Crippen LogP) is 1.69. The van der Waals surface area contributed by atoms with Gasteiger partial charge >= 0.3 is 0 Å². The van der Waals surface area contributed by atoms with Gasteiger partial charge in [-0.1, -0.05) is 18.2 Å². The lowest BCUT2D eigenvalue weighted by Gasteiger charge is -2.34. The molecule has 0 bridgehead atoms. The van der Waals surface area contributed by atoms with Crippen LogP contribution in [0.25, 0.3) is 10.9 Å². The number of para-hydroxylation sites is 1. The van der Waals surface area contributed by atoms with E-state index in [0.717, 1.165) is 10.9 Å². The van der Waals surface area contributed by atoms with E-state index in [9.17, 15) is 9.59 Å². The number of halogens is 1. The van der Waals surface area contributed by atoms with E-state index in [4.69, 9.17) is 11.6 Å². The molecule has 3 rings (SSSR count). The molecule has 5 nitrogen and oxygen atoms in total. The number of aromatic nitrogens is 1. The lowest BCUT2D eigenvalue weighted by Crippen LogP contribution is -2.50. The van der Waals surface area contributed by atoms with E-state index in [1.807, 2.05) is 24.3 Å². The lowest BCUT2D eigenvalue weighted by atomic mass is 10.1. The first-order valence-electron chi connectivity index (χ1n) is 6.90. The van der Waals surface area contributed by atoms with Crippen LogP contribution in [-0.2, 0) is 4.79 Å². The Labute approximate surface area is 127 Å². The van der Waals surface area contributed by atoms with Crippen molar-refractivity contribution >= 4 is 34.3 Å². The molecule has 1 fully saturated rings. The Morgan fingerprint density at radius 1 is 1.10 bits per heavy atom. The standard InChI is InChI=1S/C15H16ClN3O2/c16-9-14(20)18-5-7-19(8-6-18)15(21)12-10-17-13-4-2-1-3-11(12)13/h1-4,10,17H,5-9H2. The highest BCUT2D eigenvalue weighted by molar-refractivity contribution is 6.27. The minimum absolute atomic E-state index is 0.00358. The average molecular weight is 306 g/mol. The molecule has 1 aromatic carbocycles. The third-order valence-corrected chi connectivity index (χ3v) is 4.08. The van der Waals surface area contributed by atoms with Crippen molar-refractivity contribution < 1.29 is 9.59 Å². The number of piperazine rings is 1. The van der Waals surface area contributed by atoms with E-state index in [1.165, 1.54) is 0 Å². The Balaban J connectivity index is 1.74. The fourth-order valence-corrected chi connectivity index (χ4v) is 2.83. The highest BCUT2D eigenvalue weighted by Gasteiger charge is 2.25. The minimum atomic E-state index is -0.0733. The van der Waals surface area contributed by atoms with Gasteiger partial charge < -0.3 is 14.8 Å². The van der Waals surface area contributed by atoms with E-state index in [-0.39, 0.29) is 17.7 Å². The quantitative estimate of drug-likeness (QED) is 0.859. The molecule has 0 aliphatic carbocycles. The number of hydrogen-bond acceptors (Lipinski definition) is 2. The zero-order valence-corrected chi connectivity index (χ0v) is 12.3. The average Bonchev–Trinajstić information content (AvgIpc) is 2.97. The van der Waals surface area contributed by atoms with Gasteiger partial charge in [-0.05, 0) is 6.07 Å². The summed E-state index contributed by atoms with van der Waals surface area (Å²) in [7, 11) is 0. The zero-order valence-electron chi connectivity index (χ0n) is 11.5. The summed E-state index contributed by atoms with van der Waals surface area (Å²) in [5.41, 5.74) is 1.64. The van der Waals surface area contributed by atoms with E-state index in [2.05, 4.69) is 4.98 Å². The smallest absolute Gasteiger partial charge is 0.256 e. The summed E-state index contributed by atoms with van der Waals surface area (Å²) in [4.78, 5) is 30.7. The highest BCUT2D eigenvalue weighted by atomic mass is 35.5. The number of fused-ring (bicyclic) bond motifs is 1. The van der Waals surface area contributed by atoms with Crippen molar-refractivity contribution in [3.05, 3.63) is 36.0 Å². The number of rotatable bonds is 2. The summed E-state index contributed by atoms with van der Waals surface area (Å²) in [6.45, 7) is 2.17. The van der Waals surface area contributed by atoms with E-state index in [0.29, 0.717) is 31.7 Å². The number of benzene rings is 1. The van der Waals surface area contributed by atoms with Gasteiger partial charge in [0.25, 0.3) is 5.91 Å². The third kappa shape index (κ3) is 2.61. The molecule has 1 N–H and O–H groups in total. The van der Waals surface area contributed by atoms with Crippen molar-refractivity contribution in [1.82, 2.24) is 14.8 Å². The fraction of sp³-hybridized carbons (Fsp3) is 0.333. The van der Waals surface area contributed by atoms with Crippen LogP contribution in [0.4, 0.5) is 0 Å². The normalized spacial score (nSPS) is 15.5. The molecule has 2 amide bonds. The summed E-state index contributed by atoms with van der Waals surface area (Å²) in [6.07, 6.45) is 1.75. The molecule has 6 heteroatoms. The van der Waals surface area contributed by atoms with Crippen molar-refractivity contribution in [3.63, 3.8) is 0 Å². The number of alkyl halides is 1. The topological polar surface area (TPSA) is 56.4 Å². The van der Waals surface area contributed by atoms with Gasteiger partial charge in [-0.2, -0.15) is 0 Å². The van der Waals surface area contributed by atoms with Gasteiger partial charge in [0.1, 0.15) is 5.88 Å². The molecule has 110 valence electrons. The maximum atomic E-state index is 12.6. The monoisotopic (exact) mass is 305 g/mol. The van der Waals surface area contributed by atoms with E-state index in [1.54, 1.807) is 16.0 Å². The number of H-pyrrole nitrogens is 1. The van der Waals surface area contributed by atoms with Crippen LogP contribution in [-0.4, -0.2) is 58.7 Å². The van der Waals surface area contributed by atoms with Crippen LogP contribution in [0, 0.1) is 0 Å². The molecule has 1 aliphatic heterocycles. The number of carbonyl (C=O) groups is 2. The SMILES string of the molecule is O=C(CCl)N1CCN(C(=O)c2c[nH]c3ccccc23)CC1. The number of nitrogens with one attached hydrogen (secondary N) is 1. The summed E-state index contributed by atoms with van der Waals surface area (Å²) in [5.74, 6) is -0.0718. The van der Waals surface area contributed by atoms with E-state index < -0.39 is 0 Å². The number of carbonyl (C=O) groups excluding carboxylic acids is 2. The second kappa shape index (κ2) is 5.77. The molecule has 0 saturated carbocycles. The Morgan fingerprint density at radius 2 is 1.76 bits per heavy atom. The predicted molar refractivity (Wildman–Crippen MR) is 81.5 cm³/mol. The highest BCUT2D eigenvalue weighted by Crippen LogP contribution is 2.20. The van der Waals surface area contributed by atoms with Gasteiger partial charge in [-0.3, -0.25) is 9.59 Å². The first-order chi connectivity index (χ1) is 10.2. The first-order valence-corrected chi connectivity index (χ1v) is 7.43. The number of aromatic amines is 1. The lowest BCUT2D eigenvalue weighted by molar-refractivity contribution is -0.129. The van der Waals surface area contributed by atoms with Gasteiger partial charge in [0.05, 0.1) is 5.56 Å². The Kier molecular flexibility index (Phi) is 3.84. The van der Waals surface area contributed by atoms with Gasteiger partial charge in [-0.25, -0.2) is 0 Å². The maximum Gasteiger partial charge on any atom is 0.256 e. The number of amides is 2. The van der Waals surface area contributed by atoms with Gasteiger partial charge in [0.2, 0.25) is 5.91 Å². The Bertz CT molecular complexity index is 674. The van der Waals surface area contributed by atoms with Gasteiger partial charge in [0, 0.05) is 43.3 Å². The maximum absolute atomic E-state index is 12.6. The van der Waals surface area contributed by atoms with Crippen molar-refractivity contribution in [1.29, 1.82) is 0 Å². The molecule has 1 saturated heterocycles. The summed E-state index contributed by atoms with van der Waals surface area (Å²) in [6, 6.07) is 7.74. The summed E-state index contributed by atoms with van der Waals surface area (Å²) >= 11 is 5.55. The van der Waals surface area contributed by atoms with Crippen LogP contribution in [0.2, 0.25) is 0 Å². The third-order valence-electron chi connectivity index (χ3n) is 3.85. The molecular formula is C15H16ClN3O2. The molecule has 21 heavy (non-hydrogen) atoms. The molecular weight excluding hydrogens is 290 g/mol. The van der Waals surface area contributed by atoms with Crippen LogP contribution in [0.15, 0.2) is 30.5 Å². The molecule has 0 radical (unpaired) electrons. The van der Waals surface area contributed by atoms with E-state index >= 15 is 0 Å². The van der Waals surface area contributed by atoms with Crippen molar-refractivity contribution in [2.45, 2.75) is 0 Å². The Morgan fingerprint density at radius 3 is 2.48 bits per heavy atom. The minimum Gasteiger partial charge on any atom is -0.360 e. The molecule has 2 heterocycles. The van der Waals surface area contributed by atoms with Gasteiger partial charge in [-0.15, -0.1) is 11.6 Å². The van der Waals surface area contributed by atoms with Crippen LogP contribution >= 0.6 is 11.6 Å². The molecule has 0 unspecified atom stereocenters. The molecule has 1 aliphatic rings. The van der Waals surface area contributed by atoms with Crippen molar-refractivity contribution in [3.8, 4) is 0 Å². The molecule has 2 aromatic rings. The van der Waals surface area contributed by atoms with Crippen LogP contribution in [0.1, 0.15) is 10.4 Å². The second-order valence-corrected chi connectivity index (χ2v) is 5.32. The van der Waals surface area contributed by atoms with Gasteiger partial charge in [0.15, 0.2) is 0 Å². The second-order valence-electron chi connectivity index (χ2n) is 5.05. The van der Waals surface area contributed by atoms with Crippen LogP contribution in [0.5, 0.6) is 0 Å². The fourth-order valence-electron chi connectivity index (χ4n) is 2.66. The molecule has 1 aromatic heterocycles. The van der Waals surface area contributed by atoms with Crippen molar-refractivity contribution in [2.75, 3.05) is 32.1 Å². The zero-order chi connectivity index (χ0) is 14.8. The number of nitrogens with zero attached hydrogens (tertiary/aromatic N) is 2. The summed E-state index contributed by atoms with van der Waals surface area (Å²) in [5, 5.41) is 0.932. The Hall–Kier alpha value is -2.01. The summed E-state index contributed by atoms with van der Waals surface area (Å²) < 4.78 is 0. The van der Waals surface area contributed by atoms with Crippen molar-refractivity contribution in [2.24, 2.45) is 0 Å². The first kappa shape index (κ1) is 13.9. The van der Waals surface area contributed by atoms with Crippen LogP contribution < -0.4 is 0 Å². The molecule has 0 spiro atoms. The number of hydrogen-bond donors (Lipinski definition) is 1.